The number of H-pyrrole nitrogens is 1. The molecule has 0 aliphatic carbocycles. The van der Waals surface area contributed by atoms with Crippen LogP contribution < -0.4 is 9.46 Å². The van der Waals surface area contributed by atoms with Crippen molar-refractivity contribution in [3.8, 4) is 17.0 Å². The van der Waals surface area contributed by atoms with Gasteiger partial charge in [0.15, 0.2) is 0 Å². The van der Waals surface area contributed by atoms with Gasteiger partial charge in [0.25, 0.3) is 0 Å². The van der Waals surface area contributed by atoms with Crippen LogP contribution in [0.4, 0.5) is 0 Å². The van der Waals surface area contributed by atoms with E-state index in [0.29, 0.717) is 23.4 Å². The van der Waals surface area contributed by atoms with E-state index >= 15 is 0 Å². The molecule has 0 bridgehead atoms. The quantitative estimate of drug-likeness (QED) is 0.666. The molecular formula is C19H21N3O3S. The standard InChI is InChI=1S/C19H21N3O3S/c1-3-16(18-7-4-5-11-21-18)22-26(23,24)14-9-10-19(25-2)15(13-14)17-8-6-12-20-17/h4-13,16,20,22H,3H2,1-2H3. The van der Waals surface area contributed by atoms with E-state index in [1.165, 1.54) is 0 Å². The molecule has 3 rings (SSSR count). The number of aromatic nitrogens is 2. The average molecular weight is 371 g/mol. The highest BCUT2D eigenvalue weighted by atomic mass is 32.2. The molecule has 2 aromatic heterocycles. The van der Waals surface area contributed by atoms with Crippen molar-refractivity contribution in [2.45, 2.75) is 24.3 Å². The zero-order valence-electron chi connectivity index (χ0n) is 14.6. The molecule has 26 heavy (non-hydrogen) atoms. The molecular weight excluding hydrogens is 350 g/mol. The van der Waals surface area contributed by atoms with Gasteiger partial charge in [0.05, 0.1) is 23.7 Å². The van der Waals surface area contributed by atoms with Crippen molar-refractivity contribution in [2.75, 3.05) is 7.11 Å². The van der Waals surface area contributed by atoms with Crippen molar-refractivity contribution in [3.63, 3.8) is 0 Å². The van der Waals surface area contributed by atoms with Gasteiger partial charge in [-0.15, -0.1) is 0 Å². The highest BCUT2D eigenvalue weighted by Crippen LogP contribution is 2.31. The van der Waals surface area contributed by atoms with Gasteiger partial charge in [0.1, 0.15) is 5.75 Å². The molecule has 7 heteroatoms. The minimum Gasteiger partial charge on any atom is -0.496 e. The first-order chi connectivity index (χ1) is 12.5. The van der Waals surface area contributed by atoms with Gasteiger partial charge in [-0.25, -0.2) is 13.1 Å². The summed E-state index contributed by atoms with van der Waals surface area (Å²) in [5, 5.41) is 0. The van der Waals surface area contributed by atoms with E-state index in [-0.39, 0.29) is 4.90 Å². The maximum absolute atomic E-state index is 12.9. The van der Waals surface area contributed by atoms with Crippen LogP contribution in [0.2, 0.25) is 0 Å². The zero-order chi connectivity index (χ0) is 18.6. The van der Waals surface area contributed by atoms with Crippen LogP contribution in [0, 0.1) is 0 Å². The summed E-state index contributed by atoms with van der Waals surface area (Å²) < 4.78 is 33.9. The Morgan fingerprint density at radius 2 is 2.04 bits per heavy atom. The van der Waals surface area contributed by atoms with E-state index in [1.807, 2.05) is 31.2 Å². The van der Waals surface area contributed by atoms with Crippen LogP contribution in [0.3, 0.4) is 0 Å². The SMILES string of the molecule is CCC(NS(=O)(=O)c1ccc(OC)c(-c2ccc[nH]2)c1)c1ccccn1. The highest BCUT2D eigenvalue weighted by Gasteiger charge is 2.22. The molecule has 1 unspecified atom stereocenters. The fraction of sp³-hybridized carbons (Fsp3) is 0.211. The van der Waals surface area contributed by atoms with E-state index in [4.69, 9.17) is 4.74 Å². The summed E-state index contributed by atoms with van der Waals surface area (Å²) in [5.41, 5.74) is 2.17. The molecule has 0 radical (unpaired) electrons. The Morgan fingerprint density at radius 3 is 2.65 bits per heavy atom. The van der Waals surface area contributed by atoms with Gasteiger partial charge >= 0.3 is 0 Å². The lowest BCUT2D eigenvalue weighted by Gasteiger charge is -2.17. The maximum atomic E-state index is 12.9. The Bertz CT molecular complexity index is 955. The molecule has 1 aromatic carbocycles. The normalized spacial score (nSPS) is 12.7. The van der Waals surface area contributed by atoms with Gasteiger partial charge in [-0.1, -0.05) is 13.0 Å². The lowest BCUT2D eigenvalue weighted by molar-refractivity contribution is 0.416. The highest BCUT2D eigenvalue weighted by molar-refractivity contribution is 7.89. The summed E-state index contributed by atoms with van der Waals surface area (Å²) in [6.07, 6.45) is 4.03. The number of benzene rings is 1. The first-order valence-corrected chi connectivity index (χ1v) is 9.78. The summed E-state index contributed by atoms with van der Waals surface area (Å²) in [4.78, 5) is 7.52. The van der Waals surface area contributed by atoms with Crippen LogP contribution in [-0.4, -0.2) is 25.5 Å². The monoisotopic (exact) mass is 371 g/mol. The third-order valence-corrected chi connectivity index (χ3v) is 5.59. The van der Waals surface area contributed by atoms with Gasteiger partial charge in [-0.3, -0.25) is 4.98 Å². The predicted molar refractivity (Wildman–Crippen MR) is 100 cm³/mol. The molecule has 136 valence electrons. The summed E-state index contributed by atoms with van der Waals surface area (Å²) in [5.74, 6) is 0.600. The summed E-state index contributed by atoms with van der Waals surface area (Å²) in [6.45, 7) is 1.92. The number of pyridine rings is 1. The molecule has 3 aromatic rings. The fourth-order valence-electron chi connectivity index (χ4n) is 2.75. The minimum atomic E-state index is -3.72. The second-order valence-electron chi connectivity index (χ2n) is 5.78. The third kappa shape index (κ3) is 3.79. The van der Waals surface area contributed by atoms with Gasteiger partial charge < -0.3 is 9.72 Å². The summed E-state index contributed by atoms with van der Waals surface area (Å²) in [6, 6.07) is 13.6. The van der Waals surface area contributed by atoms with Crippen LogP contribution >= 0.6 is 0 Å². The Hall–Kier alpha value is -2.64. The van der Waals surface area contributed by atoms with Gasteiger partial charge in [-0.05, 0) is 48.9 Å². The topological polar surface area (TPSA) is 84.1 Å². The Morgan fingerprint density at radius 1 is 1.19 bits per heavy atom. The van der Waals surface area contributed by atoms with E-state index in [9.17, 15) is 8.42 Å². The van der Waals surface area contributed by atoms with E-state index < -0.39 is 16.1 Å². The van der Waals surface area contributed by atoms with E-state index in [0.717, 1.165) is 5.69 Å². The van der Waals surface area contributed by atoms with Crippen LogP contribution in [0.5, 0.6) is 5.75 Å². The van der Waals surface area contributed by atoms with Crippen molar-refractivity contribution < 1.29 is 13.2 Å². The van der Waals surface area contributed by atoms with E-state index in [2.05, 4.69) is 14.7 Å². The Kier molecular flexibility index (Phi) is 5.39. The van der Waals surface area contributed by atoms with Gasteiger partial charge in [0.2, 0.25) is 10.0 Å². The third-order valence-electron chi connectivity index (χ3n) is 4.12. The van der Waals surface area contributed by atoms with Crippen LogP contribution in [0.15, 0.2) is 65.8 Å². The summed E-state index contributed by atoms with van der Waals surface area (Å²) >= 11 is 0. The molecule has 2 heterocycles. The van der Waals surface area contributed by atoms with Crippen molar-refractivity contribution >= 4 is 10.0 Å². The van der Waals surface area contributed by atoms with Crippen LogP contribution in [0.25, 0.3) is 11.3 Å². The second-order valence-corrected chi connectivity index (χ2v) is 7.50. The molecule has 2 N–H and O–H groups in total. The lowest BCUT2D eigenvalue weighted by atomic mass is 10.1. The number of sulfonamides is 1. The number of aromatic amines is 1. The summed E-state index contributed by atoms with van der Waals surface area (Å²) in [7, 11) is -2.16. The number of hydrogen-bond donors (Lipinski definition) is 2. The fourth-order valence-corrected chi connectivity index (χ4v) is 4.07. The lowest BCUT2D eigenvalue weighted by Crippen LogP contribution is -2.29. The number of rotatable bonds is 7. The molecule has 0 aliphatic heterocycles. The van der Waals surface area contributed by atoms with Crippen molar-refractivity contribution in [1.29, 1.82) is 0 Å². The smallest absolute Gasteiger partial charge is 0.241 e. The molecule has 0 spiro atoms. The van der Waals surface area contributed by atoms with Gasteiger partial charge in [-0.2, -0.15) is 0 Å². The largest absolute Gasteiger partial charge is 0.496 e. The Labute approximate surface area is 153 Å². The second kappa shape index (κ2) is 7.72. The molecule has 0 amide bonds. The van der Waals surface area contributed by atoms with Crippen molar-refractivity contribution in [1.82, 2.24) is 14.7 Å². The first-order valence-electron chi connectivity index (χ1n) is 8.30. The predicted octanol–water partition coefficient (Wildman–Crippen LogP) is 3.51. The Balaban J connectivity index is 1.95. The first kappa shape index (κ1) is 18.2. The number of hydrogen-bond acceptors (Lipinski definition) is 4. The van der Waals surface area contributed by atoms with Crippen LogP contribution in [0.1, 0.15) is 25.1 Å². The van der Waals surface area contributed by atoms with Crippen LogP contribution in [-0.2, 0) is 10.0 Å². The molecule has 0 saturated heterocycles. The van der Waals surface area contributed by atoms with E-state index in [1.54, 1.807) is 43.8 Å². The number of nitrogens with one attached hydrogen (secondary N) is 2. The molecule has 0 saturated carbocycles. The maximum Gasteiger partial charge on any atom is 0.241 e. The number of nitrogens with zero attached hydrogens (tertiary/aromatic N) is 1. The van der Waals surface area contributed by atoms with Crippen molar-refractivity contribution in [2.24, 2.45) is 0 Å². The van der Waals surface area contributed by atoms with Gasteiger partial charge in [0, 0.05) is 23.7 Å². The molecule has 6 nitrogen and oxygen atoms in total. The molecule has 0 fully saturated rings. The van der Waals surface area contributed by atoms with Crippen molar-refractivity contribution in [3.05, 3.63) is 66.6 Å². The number of ether oxygens (including phenoxy) is 1. The minimum absolute atomic E-state index is 0.178. The molecule has 1 atom stereocenters. The average Bonchev–Trinajstić information content (AvgIpc) is 3.21. The number of methoxy groups -OCH3 is 1. The molecule has 0 aliphatic rings. The zero-order valence-corrected chi connectivity index (χ0v) is 15.5.